The van der Waals surface area contributed by atoms with Gasteiger partial charge in [-0.15, -0.1) is 0 Å². The minimum absolute atomic E-state index is 0.0321. The van der Waals surface area contributed by atoms with Crippen molar-refractivity contribution >= 4 is 16.1 Å². The van der Waals surface area contributed by atoms with Crippen LogP contribution in [-0.4, -0.2) is 27.8 Å². The second-order valence-corrected chi connectivity index (χ2v) is 8.04. The lowest BCUT2D eigenvalue weighted by atomic mass is 9.77. The van der Waals surface area contributed by atoms with E-state index in [9.17, 15) is 13.2 Å². The summed E-state index contributed by atoms with van der Waals surface area (Å²) >= 11 is 0. The third-order valence-corrected chi connectivity index (χ3v) is 4.79. The summed E-state index contributed by atoms with van der Waals surface area (Å²) in [5.74, 6) is 0.00643. The molecule has 2 rings (SSSR count). The van der Waals surface area contributed by atoms with Crippen molar-refractivity contribution in [3.8, 4) is 5.75 Å². The molecule has 1 saturated carbocycles. The first-order valence-corrected chi connectivity index (χ1v) is 9.07. The van der Waals surface area contributed by atoms with Gasteiger partial charge >= 0.3 is 16.1 Å². The highest BCUT2D eigenvalue weighted by atomic mass is 32.2. The van der Waals surface area contributed by atoms with Crippen LogP contribution in [0.3, 0.4) is 0 Å². The molecule has 0 bridgehead atoms. The summed E-state index contributed by atoms with van der Waals surface area (Å²) in [4.78, 5) is 11.8. The predicted molar refractivity (Wildman–Crippen MR) is 83.6 cm³/mol. The van der Waals surface area contributed by atoms with E-state index in [2.05, 4.69) is 13.8 Å². The van der Waals surface area contributed by atoms with Gasteiger partial charge in [0.15, 0.2) is 0 Å². The molecule has 0 unspecified atom stereocenters. The first-order chi connectivity index (χ1) is 10.1. The fourth-order valence-electron chi connectivity index (χ4n) is 3.21. The summed E-state index contributed by atoms with van der Waals surface area (Å²) in [6.45, 7) is 4.30. The van der Waals surface area contributed by atoms with Gasteiger partial charge in [-0.25, -0.2) is 4.79 Å². The number of methoxy groups -OCH3 is 1. The van der Waals surface area contributed by atoms with Gasteiger partial charge in [0.2, 0.25) is 0 Å². The fourth-order valence-corrected chi connectivity index (χ4v) is 3.69. The maximum atomic E-state index is 11.8. The van der Waals surface area contributed by atoms with Crippen LogP contribution in [0.5, 0.6) is 5.75 Å². The molecule has 0 heterocycles. The Bertz CT molecular complexity index is 676. The van der Waals surface area contributed by atoms with Gasteiger partial charge in [0, 0.05) is 5.56 Å². The number of esters is 1. The molecule has 0 spiro atoms. The second-order valence-electron chi connectivity index (χ2n) is 6.47. The molecule has 1 aromatic carbocycles. The molecule has 0 N–H and O–H groups in total. The van der Waals surface area contributed by atoms with Gasteiger partial charge in [-0.05, 0) is 42.4 Å². The number of ether oxygens (including phenoxy) is 1. The average molecular weight is 326 g/mol. The zero-order chi connectivity index (χ0) is 16.5. The summed E-state index contributed by atoms with van der Waals surface area (Å²) < 4.78 is 32.9. The molecule has 0 saturated heterocycles. The third-order valence-electron chi connectivity index (χ3n) is 4.30. The molecule has 1 atom stereocenters. The van der Waals surface area contributed by atoms with E-state index in [0.717, 1.165) is 31.1 Å². The normalized spacial score (nSPS) is 20.6. The summed E-state index contributed by atoms with van der Waals surface area (Å²) in [5, 5.41) is 0. The highest BCUT2D eigenvalue weighted by Crippen LogP contribution is 2.51. The lowest BCUT2D eigenvalue weighted by Gasteiger charge is -2.28. The van der Waals surface area contributed by atoms with Gasteiger partial charge in [-0.1, -0.05) is 20.3 Å². The zero-order valence-corrected chi connectivity index (χ0v) is 14.2. The van der Waals surface area contributed by atoms with E-state index in [4.69, 9.17) is 8.92 Å². The van der Waals surface area contributed by atoms with Crippen molar-refractivity contribution in [2.45, 2.75) is 39.0 Å². The van der Waals surface area contributed by atoms with Crippen LogP contribution in [0.15, 0.2) is 18.2 Å². The van der Waals surface area contributed by atoms with Crippen molar-refractivity contribution in [3.63, 3.8) is 0 Å². The molecule has 22 heavy (non-hydrogen) atoms. The van der Waals surface area contributed by atoms with E-state index in [1.807, 2.05) is 0 Å². The van der Waals surface area contributed by atoms with Crippen molar-refractivity contribution in [2.75, 3.05) is 13.4 Å². The van der Waals surface area contributed by atoms with Crippen LogP contribution in [0, 0.1) is 5.41 Å². The molecule has 6 heteroatoms. The van der Waals surface area contributed by atoms with E-state index in [1.165, 1.54) is 19.2 Å². The minimum Gasteiger partial charge on any atom is -0.465 e. The van der Waals surface area contributed by atoms with Crippen LogP contribution in [0.25, 0.3) is 0 Å². The Labute approximate surface area is 131 Å². The van der Waals surface area contributed by atoms with Gasteiger partial charge in [0.25, 0.3) is 0 Å². The van der Waals surface area contributed by atoms with Crippen molar-refractivity contribution < 1.29 is 22.1 Å². The maximum absolute atomic E-state index is 11.8. The number of carbonyl (C=O) groups is 1. The molecule has 1 fully saturated rings. The Kier molecular flexibility index (Phi) is 4.52. The second kappa shape index (κ2) is 5.91. The number of benzene rings is 1. The zero-order valence-electron chi connectivity index (χ0n) is 13.4. The van der Waals surface area contributed by atoms with Crippen LogP contribution in [-0.2, 0) is 14.9 Å². The summed E-state index contributed by atoms with van der Waals surface area (Å²) in [6, 6.07) is 4.76. The number of hydrogen-bond donors (Lipinski definition) is 0. The standard InChI is InChI=1S/C16H22O5S/c1-16(2)9-5-6-13(16)12-10-11(15(17)20-3)7-8-14(12)21-22(4,18)19/h7-8,10,13H,5-6,9H2,1-4H3/t13-/m1/s1. The van der Waals surface area contributed by atoms with Crippen molar-refractivity contribution in [1.29, 1.82) is 0 Å². The third kappa shape index (κ3) is 3.61. The molecule has 122 valence electrons. The largest absolute Gasteiger partial charge is 0.465 e. The molecule has 0 aliphatic heterocycles. The molecular formula is C16H22O5S. The molecule has 1 aromatic rings. The maximum Gasteiger partial charge on any atom is 0.337 e. The van der Waals surface area contributed by atoms with Gasteiger partial charge in [-0.2, -0.15) is 8.42 Å². The van der Waals surface area contributed by atoms with Crippen LogP contribution >= 0.6 is 0 Å². The van der Waals surface area contributed by atoms with Crippen LogP contribution < -0.4 is 4.18 Å². The first kappa shape index (κ1) is 16.8. The van der Waals surface area contributed by atoms with E-state index in [-0.39, 0.29) is 11.3 Å². The molecule has 1 aliphatic carbocycles. The monoisotopic (exact) mass is 326 g/mol. The Balaban J connectivity index is 2.52. The molecule has 0 radical (unpaired) electrons. The van der Waals surface area contributed by atoms with Gasteiger partial charge in [0.1, 0.15) is 5.75 Å². The summed E-state index contributed by atoms with van der Waals surface area (Å²) in [6.07, 6.45) is 4.08. The Morgan fingerprint density at radius 3 is 2.50 bits per heavy atom. The molecular weight excluding hydrogens is 304 g/mol. The molecule has 0 amide bonds. The Hall–Kier alpha value is -1.56. The highest BCUT2D eigenvalue weighted by Gasteiger charge is 2.37. The Morgan fingerprint density at radius 2 is 2.00 bits per heavy atom. The fraction of sp³-hybridized carbons (Fsp3) is 0.562. The van der Waals surface area contributed by atoms with Crippen molar-refractivity contribution in [2.24, 2.45) is 5.41 Å². The van der Waals surface area contributed by atoms with Crippen molar-refractivity contribution in [3.05, 3.63) is 29.3 Å². The minimum atomic E-state index is -3.62. The van der Waals surface area contributed by atoms with Gasteiger partial charge < -0.3 is 8.92 Å². The highest BCUT2D eigenvalue weighted by molar-refractivity contribution is 7.86. The Morgan fingerprint density at radius 1 is 1.32 bits per heavy atom. The average Bonchev–Trinajstić information content (AvgIpc) is 2.76. The topological polar surface area (TPSA) is 69.7 Å². The smallest absolute Gasteiger partial charge is 0.337 e. The van der Waals surface area contributed by atoms with Gasteiger partial charge in [-0.3, -0.25) is 0 Å². The lowest BCUT2D eigenvalue weighted by Crippen LogP contribution is -2.18. The molecule has 5 nitrogen and oxygen atoms in total. The van der Waals surface area contributed by atoms with E-state index >= 15 is 0 Å². The van der Waals surface area contributed by atoms with Crippen LogP contribution in [0.2, 0.25) is 0 Å². The summed E-state index contributed by atoms with van der Waals surface area (Å²) in [7, 11) is -2.30. The molecule has 0 aromatic heterocycles. The van der Waals surface area contributed by atoms with Crippen LogP contribution in [0.1, 0.15) is 54.9 Å². The predicted octanol–water partition coefficient (Wildman–Crippen LogP) is 3.11. The quantitative estimate of drug-likeness (QED) is 0.628. The van der Waals surface area contributed by atoms with E-state index in [1.54, 1.807) is 6.07 Å². The SMILES string of the molecule is COC(=O)c1ccc(OS(C)(=O)=O)c([C@H]2CCCC2(C)C)c1. The first-order valence-electron chi connectivity index (χ1n) is 7.26. The van der Waals surface area contributed by atoms with E-state index < -0.39 is 16.1 Å². The summed E-state index contributed by atoms with van der Waals surface area (Å²) in [5.41, 5.74) is 1.20. The van der Waals surface area contributed by atoms with E-state index in [0.29, 0.717) is 11.3 Å². The number of carbonyl (C=O) groups excluding carboxylic acids is 1. The van der Waals surface area contributed by atoms with Gasteiger partial charge in [0.05, 0.1) is 18.9 Å². The number of rotatable bonds is 4. The van der Waals surface area contributed by atoms with Crippen molar-refractivity contribution in [1.82, 2.24) is 0 Å². The lowest BCUT2D eigenvalue weighted by molar-refractivity contribution is 0.0600. The van der Waals surface area contributed by atoms with Crippen LogP contribution in [0.4, 0.5) is 0 Å². The molecule has 1 aliphatic rings. The number of hydrogen-bond acceptors (Lipinski definition) is 5.